The normalized spacial score (nSPS) is 17.1. The van der Waals surface area contributed by atoms with Gasteiger partial charge in [-0.1, -0.05) is 86.1 Å². The van der Waals surface area contributed by atoms with Crippen molar-refractivity contribution >= 4 is 51.5 Å². The van der Waals surface area contributed by atoms with Crippen LogP contribution in [0, 0.1) is 0 Å². The average molecular weight is 1100 g/mol. The van der Waals surface area contributed by atoms with Gasteiger partial charge < -0.3 is 25.7 Å². The summed E-state index contributed by atoms with van der Waals surface area (Å²) in [5.41, 5.74) is 21.8. The van der Waals surface area contributed by atoms with Gasteiger partial charge in [0.05, 0.1) is 51.5 Å². The van der Waals surface area contributed by atoms with E-state index in [9.17, 15) is 0 Å². The Bertz CT molecular complexity index is 3810. The molecule has 15 nitrogen and oxygen atoms in total. The van der Waals surface area contributed by atoms with Crippen molar-refractivity contribution in [3.8, 4) is 67.9 Å². The molecular formula is C61H59BBrN13O2. The maximum atomic E-state index is 6.60. The first kappa shape index (κ1) is 49.6. The molecule has 4 aromatic carbocycles. The first-order chi connectivity index (χ1) is 37.8. The van der Waals surface area contributed by atoms with Crippen LogP contribution < -0.4 is 21.8 Å². The van der Waals surface area contributed by atoms with Crippen molar-refractivity contribution in [1.82, 2.24) is 49.5 Å². The van der Waals surface area contributed by atoms with Gasteiger partial charge in [-0.25, -0.2) is 19.9 Å². The molecule has 0 amide bonds. The number of aromatic nitrogens is 10. The van der Waals surface area contributed by atoms with E-state index in [0.29, 0.717) is 5.41 Å². The highest BCUT2D eigenvalue weighted by atomic mass is 79.9. The van der Waals surface area contributed by atoms with E-state index in [-0.39, 0.29) is 23.9 Å². The second-order valence-electron chi connectivity index (χ2n) is 22.1. The maximum absolute atomic E-state index is 6.60. The quantitative estimate of drug-likeness (QED) is 0.0997. The molecule has 6 aromatic heterocycles. The number of aromatic amines is 2. The molecule has 390 valence electrons. The number of hydrogen-bond donors (Lipinski definition) is 5. The van der Waals surface area contributed by atoms with Crippen LogP contribution in [0.5, 0.6) is 0 Å². The van der Waals surface area contributed by atoms with Crippen LogP contribution in [0.3, 0.4) is 0 Å². The number of nitrogens with one attached hydrogen (secondary N) is 4. The van der Waals surface area contributed by atoms with E-state index in [1.165, 1.54) is 36.8 Å². The van der Waals surface area contributed by atoms with Crippen molar-refractivity contribution in [2.75, 3.05) is 10.6 Å². The zero-order valence-electron chi connectivity index (χ0n) is 44.2. The molecule has 15 rings (SSSR count). The van der Waals surface area contributed by atoms with Gasteiger partial charge in [0.2, 0.25) is 0 Å². The molecule has 3 aliphatic heterocycles. The van der Waals surface area contributed by atoms with Gasteiger partial charge in [-0.15, -0.1) is 0 Å². The summed E-state index contributed by atoms with van der Waals surface area (Å²) >= 11 is 3.75. The lowest BCUT2D eigenvalue weighted by Crippen LogP contribution is -2.43. The number of benzene rings is 4. The highest BCUT2D eigenvalue weighted by Gasteiger charge is 2.52. The fraction of sp³-hybridized carbons (Fsp3) is 0.246. The molecule has 17 heteroatoms. The molecule has 0 bridgehead atoms. The Hall–Kier alpha value is -7.96. The van der Waals surface area contributed by atoms with Crippen LogP contribution in [0.2, 0.25) is 0 Å². The van der Waals surface area contributed by atoms with E-state index in [0.717, 1.165) is 114 Å². The van der Waals surface area contributed by atoms with Crippen molar-refractivity contribution in [1.29, 1.82) is 0 Å². The highest BCUT2D eigenvalue weighted by Crippen LogP contribution is 2.48. The number of anilines is 4. The monoisotopic (exact) mass is 1100 g/mol. The number of hydrogen-bond acceptors (Lipinski definition) is 11. The van der Waals surface area contributed by atoms with E-state index in [4.69, 9.17) is 25.0 Å². The topological polar surface area (TPSA) is 187 Å². The van der Waals surface area contributed by atoms with Crippen molar-refractivity contribution in [3.05, 3.63) is 174 Å². The summed E-state index contributed by atoms with van der Waals surface area (Å²) in [6.45, 7) is 10.5. The Morgan fingerprint density at radius 3 is 1.62 bits per heavy atom. The highest BCUT2D eigenvalue weighted by molar-refractivity contribution is 9.10. The molecule has 6 N–H and O–H groups in total. The molecule has 78 heavy (non-hydrogen) atoms. The van der Waals surface area contributed by atoms with Gasteiger partial charge in [-0.2, -0.15) is 10.2 Å². The van der Waals surface area contributed by atoms with Crippen molar-refractivity contribution < 1.29 is 9.31 Å². The maximum Gasteiger partial charge on any atom is 0.498 e. The minimum atomic E-state index is -0.307. The Balaban J connectivity index is 0.000000120. The number of halogens is 1. The van der Waals surface area contributed by atoms with Gasteiger partial charge in [0.15, 0.2) is 11.6 Å². The van der Waals surface area contributed by atoms with Crippen LogP contribution >= 0.6 is 15.9 Å². The first-order valence-corrected chi connectivity index (χ1v) is 27.5. The average Bonchev–Trinajstić information content (AvgIpc) is 4.43. The standard InChI is InChI=1S/C27H23N7.C25H21BrN4.C9H15BN2O2/c28-27(12-4-13-27)19-10-8-17(9-11-19)24-23(18-15-30-31-16-18)33-26-20-5-1-2-6-21(20)32-25-22(34(24)26)7-3-14-29-25;1-25(13-5-14-25)17-11-9-16(10-12-17)21-22(26)29-24-18-6-2-3-7-19(18)28-23-20(30(21)24)8-4-15-27-23;1-8(2)9(3,4)14-10(13-8)7-5-11-12-6-7/h1-3,5-11,14-16H,4,12-13,28H2,(H,29,32)(H,30,31);2-4,6-12,15H,5,13-14H2,1H3,(H,27,28);5-6H,1-4H3,(H,11,12). The summed E-state index contributed by atoms with van der Waals surface area (Å²) in [6.07, 6.45) is 18.0. The second kappa shape index (κ2) is 19.2. The van der Waals surface area contributed by atoms with Gasteiger partial charge >= 0.3 is 7.12 Å². The van der Waals surface area contributed by atoms with Gasteiger partial charge in [-0.05, 0) is 141 Å². The lowest BCUT2D eigenvalue weighted by molar-refractivity contribution is 0.00578. The van der Waals surface area contributed by atoms with E-state index in [2.05, 4.69) is 158 Å². The molecule has 1 saturated heterocycles. The number of fused-ring (bicyclic) bond motifs is 10. The molecule has 0 unspecified atom stereocenters. The molecule has 0 spiro atoms. The molecule has 2 aliphatic carbocycles. The Morgan fingerprint density at radius 2 is 1.09 bits per heavy atom. The van der Waals surface area contributed by atoms with Gasteiger partial charge in [0, 0.05) is 69.8 Å². The van der Waals surface area contributed by atoms with Crippen molar-refractivity contribution in [3.63, 3.8) is 0 Å². The molecule has 9 heterocycles. The number of pyridine rings is 2. The van der Waals surface area contributed by atoms with Crippen LogP contribution in [0.15, 0.2) is 163 Å². The first-order valence-electron chi connectivity index (χ1n) is 26.7. The SMILES string of the molecule is CC1(C)OB(c2cn[nH]c2)OC1(C)C.CC1(c2ccc(-c3c(Br)nc4n3-c3cccnc3Nc3ccccc3-4)cc2)CCC1.NC1(c2ccc(-c3c(-c4cn[nH]c4)nc4n3-c3cccnc3Nc3ccccc3-4)cc2)CCC1. The lowest BCUT2D eigenvalue weighted by Gasteiger charge is -2.39. The van der Waals surface area contributed by atoms with E-state index in [1.54, 1.807) is 18.6 Å². The number of H-pyrrole nitrogens is 2. The summed E-state index contributed by atoms with van der Waals surface area (Å²) in [5, 5.41) is 20.8. The summed E-state index contributed by atoms with van der Waals surface area (Å²) in [5.74, 6) is 3.38. The fourth-order valence-electron chi connectivity index (χ4n) is 11.1. The Kier molecular flexibility index (Phi) is 12.2. The summed E-state index contributed by atoms with van der Waals surface area (Å²) in [4.78, 5) is 19.4. The Labute approximate surface area is 461 Å². The largest absolute Gasteiger partial charge is 0.498 e. The summed E-state index contributed by atoms with van der Waals surface area (Å²) in [6, 6.07) is 42.2. The summed E-state index contributed by atoms with van der Waals surface area (Å²) < 4.78 is 16.9. The number of rotatable bonds is 6. The van der Waals surface area contributed by atoms with E-state index < -0.39 is 0 Å². The van der Waals surface area contributed by atoms with Crippen LogP contribution in [-0.2, 0) is 20.3 Å². The van der Waals surface area contributed by atoms with E-state index >= 15 is 0 Å². The van der Waals surface area contributed by atoms with Crippen LogP contribution in [0.25, 0.3) is 67.9 Å². The van der Waals surface area contributed by atoms with Crippen LogP contribution in [0.4, 0.5) is 23.0 Å². The number of nitrogens with two attached hydrogens (primary N) is 1. The van der Waals surface area contributed by atoms with Crippen LogP contribution in [-0.4, -0.2) is 67.8 Å². The van der Waals surface area contributed by atoms with Gasteiger partial charge in [0.25, 0.3) is 0 Å². The smallest absolute Gasteiger partial charge is 0.399 e. The molecule has 5 aliphatic rings. The molecule has 3 fully saturated rings. The predicted molar refractivity (Wildman–Crippen MR) is 312 cm³/mol. The molecule has 10 aromatic rings. The molecule has 0 radical (unpaired) electrons. The third-order valence-corrected chi connectivity index (χ3v) is 17.3. The minimum Gasteiger partial charge on any atom is -0.399 e. The van der Waals surface area contributed by atoms with Crippen molar-refractivity contribution in [2.45, 2.75) is 95.3 Å². The zero-order chi connectivity index (χ0) is 53.4. The second-order valence-corrected chi connectivity index (χ2v) is 22.9. The number of imidazole rings is 2. The lowest BCUT2D eigenvalue weighted by atomic mass is 9.66. The van der Waals surface area contributed by atoms with Crippen molar-refractivity contribution in [2.24, 2.45) is 5.73 Å². The Morgan fingerprint density at radius 1 is 0.564 bits per heavy atom. The number of para-hydroxylation sites is 2. The third-order valence-electron chi connectivity index (χ3n) is 16.7. The summed E-state index contributed by atoms with van der Waals surface area (Å²) in [7, 11) is -0.307. The minimum absolute atomic E-state index is 0.195. The fourth-order valence-corrected chi connectivity index (χ4v) is 11.7. The van der Waals surface area contributed by atoms with Gasteiger partial charge in [-0.3, -0.25) is 19.3 Å². The van der Waals surface area contributed by atoms with E-state index in [1.807, 2.05) is 82.7 Å². The molecule has 0 atom stereocenters. The zero-order valence-corrected chi connectivity index (χ0v) is 45.8. The predicted octanol–water partition coefficient (Wildman–Crippen LogP) is 13.0. The molecular weight excluding hydrogens is 1040 g/mol. The van der Waals surface area contributed by atoms with Crippen LogP contribution in [0.1, 0.15) is 84.3 Å². The third kappa shape index (κ3) is 8.56. The molecule has 2 saturated carbocycles. The number of nitrogens with zero attached hydrogens (tertiary/aromatic N) is 8. The van der Waals surface area contributed by atoms with Gasteiger partial charge in [0.1, 0.15) is 21.9 Å².